The molecule has 0 aliphatic carbocycles. The van der Waals surface area contributed by atoms with Crippen LogP contribution in [0.4, 0.5) is 5.69 Å². The fourth-order valence-electron chi connectivity index (χ4n) is 3.08. The molecule has 0 radical (unpaired) electrons. The maximum Gasteiger partial charge on any atom is 0.339 e. The third kappa shape index (κ3) is 5.29. The molecule has 0 fully saturated rings. The molecule has 154 valence electrons. The smallest absolute Gasteiger partial charge is 0.339 e. The average molecular weight is 587 g/mol. The van der Waals surface area contributed by atoms with Gasteiger partial charge in [-0.2, -0.15) is 0 Å². The lowest BCUT2D eigenvalue weighted by molar-refractivity contribution is -0.119. The van der Waals surface area contributed by atoms with Gasteiger partial charge >= 0.3 is 5.97 Å². The zero-order valence-electron chi connectivity index (χ0n) is 16.1. The van der Waals surface area contributed by atoms with Crippen LogP contribution in [0.2, 0.25) is 0 Å². The normalized spacial score (nSPS) is 10.6. The molecule has 31 heavy (non-hydrogen) atoms. The summed E-state index contributed by atoms with van der Waals surface area (Å²) < 4.78 is 7.30. The Morgan fingerprint density at radius 1 is 0.968 bits per heavy atom. The van der Waals surface area contributed by atoms with Gasteiger partial charge in [0.25, 0.3) is 5.91 Å². The zero-order valence-corrected chi connectivity index (χ0v) is 19.9. The van der Waals surface area contributed by atoms with Crippen LogP contribution in [0.15, 0.2) is 83.3 Å². The number of nitrogens with one attached hydrogen (secondary N) is 1. The first kappa shape index (κ1) is 21.5. The van der Waals surface area contributed by atoms with Crippen LogP contribution in [0.3, 0.4) is 0 Å². The van der Waals surface area contributed by atoms with Gasteiger partial charge in [-0.1, -0.05) is 46.3 Å². The predicted octanol–water partition coefficient (Wildman–Crippen LogP) is 6.06. The first-order chi connectivity index (χ1) is 15.0. The van der Waals surface area contributed by atoms with Crippen molar-refractivity contribution in [3.63, 3.8) is 0 Å². The molecule has 5 nitrogen and oxygen atoms in total. The van der Waals surface area contributed by atoms with E-state index in [0.29, 0.717) is 27.8 Å². The summed E-state index contributed by atoms with van der Waals surface area (Å²) in [6.07, 6.45) is 0. The highest BCUT2D eigenvalue weighted by Gasteiger charge is 2.17. The molecule has 0 aliphatic heterocycles. The van der Waals surface area contributed by atoms with Crippen molar-refractivity contribution in [2.24, 2.45) is 0 Å². The summed E-state index contributed by atoms with van der Waals surface area (Å²) in [5, 5.41) is 3.39. The number of nitrogens with zero attached hydrogens (tertiary/aromatic N) is 1. The van der Waals surface area contributed by atoms with Gasteiger partial charge in [0.15, 0.2) is 6.61 Å². The second kappa shape index (κ2) is 9.57. The van der Waals surface area contributed by atoms with Crippen LogP contribution < -0.4 is 5.32 Å². The van der Waals surface area contributed by atoms with Crippen molar-refractivity contribution in [1.29, 1.82) is 0 Å². The van der Waals surface area contributed by atoms with Gasteiger partial charge < -0.3 is 10.1 Å². The van der Waals surface area contributed by atoms with E-state index < -0.39 is 11.9 Å². The van der Waals surface area contributed by atoms with Crippen molar-refractivity contribution in [2.45, 2.75) is 0 Å². The first-order valence-electron chi connectivity index (χ1n) is 9.38. The molecule has 0 bridgehead atoms. The Balaban J connectivity index is 1.56. The monoisotopic (exact) mass is 586 g/mol. The molecule has 0 atom stereocenters. The number of hydrogen-bond donors (Lipinski definition) is 1. The van der Waals surface area contributed by atoms with Crippen molar-refractivity contribution in [1.82, 2.24) is 4.98 Å². The minimum absolute atomic E-state index is 0.364. The van der Waals surface area contributed by atoms with Crippen LogP contribution in [0.25, 0.3) is 22.2 Å². The molecule has 1 amide bonds. The molecule has 0 unspecified atom stereocenters. The van der Waals surface area contributed by atoms with Crippen molar-refractivity contribution >= 4 is 67.0 Å². The molecular weight excluding hydrogens is 571 g/mol. The number of amides is 1. The second-order valence-corrected chi connectivity index (χ2v) is 8.88. The zero-order chi connectivity index (χ0) is 21.8. The van der Waals surface area contributed by atoms with E-state index in [1.54, 1.807) is 18.2 Å². The fourth-order valence-corrected chi connectivity index (χ4v) is 3.84. The topological polar surface area (TPSA) is 68.3 Å². The van der Waals surface area contributed by atoms with Crippen molar-refractivity contribution < 1.29 is 14.3 Å². The summed E-state index contributed by atoms with van der Waals surface area (Å²) >= 11 is 5.65. The lowest BCUT2D eigenvalue weighted by Crippen LogP contribution is -2.21. The molecule has 1 N–H and O–H groups in total. The summed E-state index contributed by atoms with van der Waals surface area (Å²) in [4.78, 5) is 29.8. The summed E-state index contributed by atoms with van der Waals surface area (Å²) in [5.41, 5.74) is 3.20. The molecule has 3 aromatic carbocycles. The van der Waals surface area contributed by atoms with Crippen LogP contribution in [0, 0.1) is 3.57 Å². The SMILES string of the molecule is O=C(COC(=O)c1cc(-c2cccc(Br)c2)nc2ccccc12)Nc1ccc(I)cc1. The van der Waals surface area contributed by atoms with Crippen LogP contribution in [0.1, 0.15) is 10.4 Å². The molecule has 4 aromatic rings. The number of esters is 1. The number of benzene rings is 3. The van der Waals surface area contributed by atoms with E-state index in [4.69, 9.17) is 4.74 Å². The summed E-state index contributed by atoms with van der Waals surface area (Å²) in [6.45, 7) is -0.381. The van der Waals surface area contributed by atoms with Gasteiger partial charge in [-0.3, -0.25) is 4.79 Å². The van der Waals surface area contributed by atoms with Gasteiger partial charge in [-0.15, -0.1) is 0 Å². The summed E-state index contributed by atoms with van der Waals surface area (Å²) in [5.74, 6) is -0.979. The number of rotatable bonds is 5. The van der Waals surface area contributed by atoms with Gasteiger partial charge in [0, 0.05) is 24.7 Å². The molecule has 7 heteroatoms. The van der Waals surface area contributed by atoms with Gasteiger partial charge in [-0.05, 0) is 71.1 Å². The van der Waals surface area contributed by atoms with Crippen LogP contribution in [-0.4, -0.2) is 23.5 Å². The van der Waals surface area contributed by atoms with Crippen molar-refractivity contribution in [2.75, 3.05) is 11.9 Å². The van der Waals surface area contributed by atoms with Crippen molar-refractivity contribution in [3.05, 3.63) is 92.5 Å². The highest BCUT2D eigenvalue weighted by atomic mass is 127. The van der Waals surface area contributed by atoms with Gasteiger partial charge in [0.2, 0.25) is 0 Å². The quantitative estimate of drug-likeness (QED) is 0.228. The number of hydrogen-bond acceptors (Lipinski definition) is 4. The second-order valence-electron chi connectivity index (χ2n) is 6.71. The number of para-hydroxylation sites is 1. The Hall–Kier alpha value is -2.78. The number of carbonyl (C=O) groups excluding carboxylic acids is 2. The largest absolute Gasteiger partial charge is 0.452 e. The lowest BCUT2D eigenvalue weighted by Gasteiger charge is -2.11. The Kier molecular flexibility index (Phi) is 6.62. The summed E-state index contributed by atoms with van der Waals surface area (Å²) in [6, 6.07) is 24.1. The van der Waals surface area contributed by atoms with E-state index in [9.17, 15) is 9.59 Å². The molecule has 1 aromatic heterocycles. The van der Waals surface area contributed by atoms with Crippen LogP contribution >= 0.6 is 38.5 Å². The number of carbonyl (C=O) groups is 2. The third-order valence-electron chi connectivity index (χ3n) is 4.52. The summed E-state index contributed by atoms with van der Waals surface area (Å²) in [7, 11) is 0. The Morgan fingerprint density at radius 3 is 2.52 bits per heavy atom. The maximum atomic E-state index is 12.9. The highest BCUT2D eigenvalue weighted by molar-refractivity contribution is 14.1. The van der Waals surface area contributed by atoms with E-state index in [-0.39, 0.29) is 6.61 Å². The number of pyridine rings is 1. The van der Waals surface area contributed by atoms with E-state index in [1.807, 2.05) is 60.7 Å². The number of fused-ring (bicyclic) bond motifs is 1. The molecule has 0 saturated carbocycles. The Bertz CT molecular complexity index is 1280. The van der Waals surface area contributed by atoms with E-state index in [0.717, 1.165) is 13.6 Å². The molecule has 0 saturated heterocycles. The number of aromatic nitrogens is 1. The fraction of sp³-hybridized carbons (Fsp3) is 0.0417. The maximum absolute atomic E-state index is 12.9. The Morgan fingerprint density at radius 2 is 1.74 bits per heavy atom. The predicted molar refractivity (Wildman–Crippen MR) is 133 cm³/mol. The standard InChI is InChI=1S/C24H16BrIN2O3/c25-16-5-3-4-15(12-16)22-13-20(19-6-1-2-7-21(19)28-22)24(30)31-14-23(29)27-18-10-8-17(26)9-11-18/h1-13H,14H2,(H,27,29). The number of anilines is 1. The average Bonchev–Trinajstić information content (AvgIpc) is 2.78. The van der Waals surface area contributed by atoms with E-state index in [1.165, 1.54) is 0 Å². The minimum atomic E-state index is -0.576. The number of halogens is 2. The van der Waals surface area contributed by atoms with Gasteiger partial charge in [0.05, 0.1) is 16.8 Å². The molecule has 1 heterocycles. The minimum Gasteiger partial charge on any atom is -0.452 e. The Labute approximate surface area is 201 Å². The van der Waals surface area contributed by atoms with Crippen LogP contribution in [0.5, 0.6) is 0 Å². The lowest BCUT2D eigenvalue weighted by atomic mass is 10.0. The molecule has 0 aliphatic rings. The van der Waals surface area contributed by atoms with Gasteiger partial charge in [-0.25, -0.2) is 9.78 Å². The highest BCUT2D eigenvalue weighted by Crippen LogP contribution is 2.27. The number of ether oxygens (including phenoxy) is 1. The molecule has 0 spiro atoms. The van der Waals surface area contributed by atoms with E-state index in [2.05, 4.69) is 48.8 Å². The van der Waals surface area contributed by atoms with Crippen LogP contribution in [-0.2, 0) is 9.53 Å². The molecular formula is C24H16BrIN2O3. The van der Waals surface area contributed by atoms with Gasteiger partial charge in [0.1, 0.15) is 0 Å². The van der Waals surface area contributed by atoms with Crippen molar-refractivity contribution in [3.8, 4) is 11.3 Å². The third-order valence-corrected chi connectivity index (χ3v) is 5.73. The first-order valence-corrected chi connectivity index (χ1v) is 11.2. The van der Waals surface area contributed by atoms with E-state index >= 15 is 0 Å². The molecule has 4 rings (SSSR count).